The lowest BCUT2D eigenvalue weighted by atomic mass is 9.89. The molecule has 0 saturated heterocycles. The predicted molar refractivity (Wildman–Crippen MR) is 63.3 cm³/mol. The average Bonchev–Trinajstić information content (AvgIpc) is 2.76. The third-order valence-electron chi connectivity index (χ3n) is 4.18. The highest BCUT2D eigenvalue weighted by Crippen LogP contribution is 2.51. The zero-order chi connectivity index (χ0) is 10.7. The van der Waals surface area contributed by atoms with Crippen LogP contribution in [0.15, 0.2) is 12.3 Å². The molecule has 1 fully saturated rings. The van der Waals surface area contributed by atoms with E-state index in [4.69, 9.17) is 0 Å². The highest BCUT2D eigenvalue weighted by atomic mass is 15.1. The molecule has 1 saturated carbocycles. The molecule has 1 aliphatic carbocycles. The fraction of sp³-hybridized carbons (Fsp3) is 0.714. The van der Waals surface area contributed by atoms with Gasteiger partial charge in [0.15, 0.2) is 0 Å². The maximum Gasteiger partial charge on any atom is 0.0444 e. The van der Waals surface area contributed by atoms with Crippen molar-refractivity contribution in [1.29, 1.82) is 0 Å². The van der Waals surface area contributed by atoms with Crippen LogP contribution in [0.5, 0.6) is 0 Å². The molecule has 0 aromatic carbocycles. The van der Waals surface area contributed by atoms with Gasteiger partial charge in [0.05, 0.1) is 0 Å². The maximum absolute atomic E-state index is 2.61. The number of aromatic nitrogens is 1. The Labute approximate surface area is 92.5 Å². The number of hydrogen-bond acceptors (Lipinski definition) is 0. The van der Waals surface area contributed by atoms with Crippen molar-refractivity contribution < 1.29 is 0 Å². The number of aryl methyl sites for hydroxylation is 1. The van der Waals surface area contributed by atoms with Crippen LogP contribution in [0.25, 0.3) is 0 Å². The van der Waals surface area contributed by atoms with Gasteiger partial charge in [-0.3, -0.25) is 0 Å². The fourth-order valence-corrected chi connectivity index (χ4v) is 2.91. The largest absolute Gasteiger partial charge is 0.345 e. The van der Waals surface area contributed by atoms with Gasteiger partial charge in [0.2, 0.25) is 0 Å². The van der Waals surface area contributed by atoms with E-state index in [-0.39, 0.29) is 0 Å². The predicted octanol–water partition coefficient (Wildman–Crippen LogP) is 3.61. The SMILES string of the molecule is CC(C)(C)c1cc2n(c1)C1(CCC2)CC1. The van der Waals surface area contributed by atoms with Crippen LogP contribution >= 0.6 is 0 Å². The highest BCUT2D eigenvalue weighted by molar-refractivity contribution is 5.30. The number of fused-ring (bicyclic) bond motifs is 2. The lowest BCUT2D eigenvalue weighted by molar-refractivity contribution is 0.379. The number of nitrogens with zero attached hydrogens (tertiary/aromatic N) is 1. The first kappa shape index (κ1) is 9.50. The Hall–Kier alpha value is -0.720. The topological polar surface area (TPSA) is 4.93 Å². The lowest BCUT2D eigenvalue weighted by Crippen LogP contribution is -2.23. The molecule has 1 nitrogen and oxygen atoms in total. The molecule has 1 aromatic rings. The summed E-state index contributed by atoms with van der Waals surface area (Å²) in [5, 5.41) is 0. The summed E-state index contributed by atoms with van der Waals surface area (Å²) < 4.78 is 2.61. The van der Waals surface area contributed by atoms with Crippen molar-refractivity contribution in [2.24, 2.45) is 0 Å². The Balaban J connectivity index is 2.07. The van der Waals surface area contributed by atoms with Crippen molar-refractivity contribution in [2.75, 3.05) is 0 Å². The third-order valence-corrected chi connectivity index (χ3v) is 4.18. The second-order valence-electron chi connectivity index (χ2n) is 6.42. The van der Waals surface area contributed by atoms with Gasteiger partial charge in [-0.1, -0.05) is 20.8 Å². The maximum atomic E-state index is 2.61. The van der Waals surface area contributed by atoms with Crippen LogP contribution in [-0.2, 0) is 17.4 Å². The van der Waals surface area contributed by atoms with Crippen LogP contribution in [-0.4, -0.2) is 4.57 Å². The van der Waals surface area contributed by atoms with Gasteiger partial charge >= 0.3 is 0 Å². The van der Waals surface area contributed by atoms with Crippen LogP contribution in [0.1, 0.15) is 57.7 Å². The van der Waals surface area contributed by atoms with Gasteiger partial charge < -0.3 is 4.57 Å². The molecule has 0 radical (unpaired) electrons. The van der Waals surface area contributed by atoms with Gasteiger partial charge in [0.1, 0.15) is 0 Å². The zero-order valence-electron chi connectivity index (χ0n) is 10.1. The molecule has 0 N–H and O–H groups in total. The molecule has 0 bridgehead atoms. The highest BCUT2D eigenvalue weighted by Gasteiger charge is 2.46. The van der Waals surface area contributed by atoms with Crippen LogP contribution in [0.4, 0.5) is 0 Å². The van der Waals surface area contributed by atoms with Gasteiger partial charge in [-0.15, -0.1) is 0 Å². The fourth-order valence-electron chi connectivity index (χ4n) is 2.91. The molecule has 1 aromatic heterocycles. The van der Waals surface area contributed by atoms with Gasteiger partial charge in [-0.25, -0.2) is 0 Å². The second-order valence-corrected chi connectivity index (χ2v) is 6.42. The summed E-state index contributed by atoms with van der Waals surface area (Å²) in [6.45, 7) is 6.94. The monoisotopic (exact) mass is 203 g/mol. The summed E-state index contributed by atoms with van der Waals surface area (Å²) in [5.74, 6) is 0. The van der Waals surface area contributed by atoms with E-state index < -0.39 is 0 Å². The summed E-state index contributed by atoms with van der Waals surface area (Å²) >= 11 is 0. The van der Waals surface area contributed by atoms with Gasteiger partial charge in [0.25, 0.3) is 0 Å². The zero-order valence-corrected chi connectivity index (χ0v) is 10.1. The summed E-state index contributed by atoms with van der Waals surface area (Å²) in [7, 11) is 0. The smallest absolute Gasteiger partial charge is 0.0444 e. The summed E-state index contributed by atoms with van der Waals surface area (Å²) in [4.78, 5) is 0. The van der Waals surface area contributed by atoms with Gasteiger partial charge in [-0.2, -0.15) is 0 Å². The third kappa shape index (κ3) is 1.36. The molecule has 3 rings (SSSR count). The molecule has 0 unspecified atom stereocenters. The molecule has 15 heavy (non-hydrogen) atoms. The molecule has 82 valence electrons. The van der Waals surface area contributed by atoms with Crippen LogP contribution < -0.4 is 0 Å². The van der Waals surface area contributed by atoms with Crippen molar-refractivity contribution in [3.8, 4) is 0 Å². The average molecular weight is 203 g/mol. The summed E-state index contributed by atoms with van der Waals surface area (Å²) in [5.41, 5.74) is 3.98. The number of rotatable bonds is 0. The van der Waals surface area contributed by atoms with E-state index in [1.807, 2.05) is 0 Å². The van der Waals surface area contributed by atoms with Crippen molar-refractivity contribution in [3.05, 3.63) is 23.5 Å². The molecule has 0 amide bonds. The van der Waals surface area contributed by atoms with E-state index in [1.54, 1.807) is 5.69 Å². The van der Waals surface area contributed by atoms with Crippen LogP contribution in [0.3, 0.4) is 0 Å². The van der Waals surface area contributed by atoms with E-state index in [0.717, 1.165) is 0 Å². The first-order valence-electron chi connectivity index (χ1n) is 6.24. The summed E-state index contributed by atoms with van der Waals surface area (Å²) in [6.07, 6.45) is 9.36. The molecule has 1 aliphatic heterocycles. The van der Waals surface area contributed by atoms with E-state index in [2.05, 4.69) is 37.6 Å². The second kappa shape index (κ2) is 2.69. The minimum Gasteiger partial charge on any atom is -0.345 e. The Kier molecular flexibility index (Phi) is 1.70. The number of hydrogen-bond donors (Lipinski definition) is 0. The van der Waals surface area contributed by atoms with Crippen molar-refractivity contribution in [3.63, 3.8) is 0 Å². The Morgan fingerprint density at radius 3 is 2.53 bits per heavy atom. The normalized spacial score (nSPS) is 22.9. The Morgan fingerprint density at radius 1 is 1.20 bits per heavy atom. The molecule has 1 spiro atoms. The summed E-state index contributed by atoms with van der Waals surface area (Å²) in [6, 6.07) is 2.44. The van der Waals surface area contributed by atoms with E-state index in [9.17, 15) is 0 Å². The van der Waals surface area contributed by atoms with Crippen molar-refractivity contribution in [1.82, 2.24) is 4.57 Å². The molecule has 2 aliphatic rings. The van der Waals surface area contributed by atoms with Gasteiger partial charge in [-0.05, 0) is 49.1 Å². The minimum absolute atomic E-state index is 0.306. The van der Waals surface area contributed by atoms with E-state index in [1.165, 1.54) is 37.7 Å². The quantitative estimate of drug-likeness (QED) is 0.607. The van der Waals surface area contributed by atoms with E-state index >= 15 is 0 Å². The first-order valence-corrected chi connectivity index (χ1v) is 6.24. The van der Waals surface area contributed by atoms with Crippen molar-refractivity contribution in [2.45, 2.75) is 63.8 Å². The minimum atomic E-state index is 0.306. The molecular weight excluding hydrogens is 182 g/mol. The van der Waals surface area contributed by atoms with Crippen molar-refractivity contribution >= 4 is 0 Å². The van der Waals surface area contributed by atoms with Crippen LogP contribution in [0.2, 0.25) is 0 Å². The first-order chi connectivity index (χ1) is 7.01. The molecule has 2 heterocycles. The lowest BCUT2D eigenvalue weighted by Gasteiger charge is -2.26. The standard InChI is InChI=1S/C14H21N/c1-13(2,3)11-9-12-5-4-6-14(7-8-14)15(12)10-11/h9-10H,4-8H2,1-3H3. The van der Waals surface area contributed by atoms with E-state index in [0.29, 0.717) is 11.0 Å². The van der Waals surface area contributed by atoms with Crippen LogP contribution in [0, 0.1) is 0 Å². The molecule has 1 heteroatoms. The molecule has 0 atom stereocenters. The Morgan fingerprint density at radius 2 is 1.93 bits per heavy atom. The van der Waals surface area contributed by atoms with Gasteiger partial charge in [0, 0.05) is 17.4 Å². The Bertz CT molecular complexity index is 388. The molecular formula is C14H21N.